The SMILES string of the molecule is CC1(N)CCCCC1C(=O)Nc1ncn(CC(=O)NCc2ccccc2)n1. The smallest absolute Gasteiger partial charge is 0.248 e. The third kappa shape index (κ3) is 5.13. The molecule has 144 valence electrons. The molecule has 1 aromatic carbocycles. The summed E-state index contributed by atoms with van der Waals surface area (Å²) in [6.07, 6.45) is 5.06. The lowest BCUT2D eigenvalue weighted by Gasteiger charge is -2.36. The van der Waals surface area contributed by atoms with Gasteiger partial charge in [-0.05, 0) is 25.3 Å². The molecule has 2 atom stereocenters. The van der Waals surface area contributed by atoms with Crippen LogP contribution in [0.15, 0.2) is 36.7 Å². The Labute approximate surface area is 158 Å². The van der Waals surface area contributed by atoms with Crippen LogP contribution in [-0.2, 0) is 22.7 Å². The maximum absolute atomic E-state index is 12.5. The topological polar surface area (TPSA) is 115 Å². The van der Waals surface area contributed by atoms with E-state index in [1.54, 1.807) is 0 Å². The van der Waals surface area contributed by atoms with Crippen molar-refractivity contribution >= 4 is 17.8 Å². The normalized spacial score (nSPS) is 22.2. The summed E-state index contributed by atoms with van der Waals surface area (Å²) in [7, 11) is 0. The van der Waals surface area contributed by atoms with Gasteiger partial charge in [-0.15, -0.1) is 5.10 Å². The van der Waals surface area contributed by atoms with Gasteiger partial charge in [-0.25, -0.2) is 9.67 Å². The summed E-state index contributed by atoms with van der Waals surface area (Å²) in [6, 6.07) is 9.66. The molecule has 27 heavy (non-hydrogen) atoms. The van der Waals surface area contributed by atoms with Gasteiger partial charge in [0, 0.05) is 12.1 Å². The fourth-order valence-electron chi connectivity index (χ4n) is 3.41. The van der Waals surface area contributed by atoms with E-state index in [0.717, 1.165) is 31.2 Å². The minimum Gasteiger partial charge on any atom is -0.350 e. The molecular weight excluding hydrogens is 344 g/mol. The summed E-state index contributed by atoms with van der Waals surface area (Å²) in [5, 5.41) is 9.71. The molecule has 3 rings (SSSR count). The van der Waals surface area contributed by atoms with Crippen molar-refractivity contribution in [2.24, 2.45) is 11.7 Å². The van der Waals surface area contributed by atoms with E-state index in [2.05, 4.69) is 20.7 Å². The van der Waals surface area contributed by atoms with E-state index >= 15 is 0 Å². The zero-order valence-electron chi connectivity index (χ0n) is 15.5. The average Bonchev–Trinajstić information content (AvgIpc) is 3.07. The molecule has 2 amide bonds. The Kier molecular flexibility index (Phi) is 5.85. The van der Waals surface area contributed by atoms with Crippen molar-refractivity contribution in [3.8, 4) is 0 Å². The van der Waals surface area contributed by atoms with Crippen molar-refractivity contribution in [1.29, 1.82) is 0 Å². The Morgan fingerprint density at radius 3 is 2.81 bits per heavy atom. The van der Waals surface area contributed by atoms with Crippen LogP contribution in [0.5, 0.6) is 0 Å². The predicted octanol–water partition coefficient (Wildman–Crippen LogP) is 1.44. The van der Waals surface area contributed by atoms with Gasteiger partial charge in [0.15, 0.2) is 0 Å². The monoisotopic (exact) mass is 370 g/mol. The summed E-state index contributed by atoms with van der Waals surface area (Å²) < 4.78 is 1.40. The highest BCUT2D eigenvalue weighted by Gasteiger charge is 2.38. The molecule has 2 aromatic rings. The van der Waals surface area contributed by atoms with E-state index in [1.807, 2.05) is 37.3 Å². The van der Waals surface area contributed by atoms with Gasteiger partial charge in [-0.3, -0.25) is 14.9 Å². The Hall–Kier alpha value is -2.74. The molecule has 1 aromatic heterocycles. The molecule has 0 saturated heterocycles. The summed E-state index contributed by atoms with van der Waals surface area (Å²) in [5.41, 5.74) is 6.78. The lowest BCUT2D eigenvalue weighted by Crippen LogP contribution is -2.51. The molecule has 0 radical (unpaired) electrons. The lowest BCUT2D eigenvalue weighted by molar-refractivity contribution is -0.123. The summed E-state index contributed by atoms with van der Waals surface area (Å²) in [5.74, 6) is -0.404. The summed E-state index contributed by atoms with van der Waals surface area (Å²) in [4.78, 5) is 28.6. The maximum atomic E-state index is 12.5. The second kappa shape index (κ2) is 8.30. The van der Waals surface area contributed by atoms with E-state index in [9.17, 15) is 9.59 Å². The molecule has 1 saturated carbocycles. The molecule has 0 aliphatic heterocycles. The quantitative estimate of drug-likeness (QED) is 0.712. The molecule has 0 spiro atoms. The molecule has 1 heterocycles. The van der Waals surface area contributed by atoms with Crippen molar-refractivity contribution in [3.63, 3.8) is 0 Å². The fraction of sp³-hybridized carbons (Fsp3) is 0.474. The minimum absolute atomic E-state index is 0.0355. The van der Waals surface area contributed by atoms with Crippen LogP contribution in [0.1, 0.15) is 38.2 Å². The largest absolute Gasteiger partial charge is 0.350 e. The van der Waals surface area contributed by atoms with Crippen LogP contribution in [0.4, 0.5) is 5.95 Å². The Bertz CT molecular complexity index is 787. The number of amides is 2. The number of carbonyl (C=O) groups is 2. The molecule has 0 bridgehead atoms. The second-order valence-electron chi connectivity index (χ2n) is 7.32. The molecule has 1 aliphatic carbocycles. The number of nitrogens with one attached hydrogen (secondary N) is 2. The van der Waals surface area contributed by atoms with Gasteiger partial charge in [0.25, 0.3) is 0 Å². The van der Waals surface area contributed by atoms with Crippen LogP contribution in [0.2, 0.25) is 0 Å². The Morgan fingerprint density at radius 1 is 1.30 bits per heavy atom. The highest BCUT2D eigenvalue weighted by Crippen LogP contribution is 2.32. The van der Waals surface area contributed by atoms with E-state index in [-0.39, 0.29) is 30.2 Å². The molecule has 8 heteroatoms. The lowest BCUT2D eigenvalue weighted by atomic mass is 9.74. The first-order valence-electron chi connectivity index (χ1n) is 9.24. The zero-order chi connectivity index (χ0) is 19.3. The summed E-state index contributed by atoms with van der Waals surface area (Å²) in [6.45, 7) is 2.40. The number of hydrogen-bond acceptors (Lipinski definition) is 5. The van der Waals surface area contributed by atoms with Gasteiger partial charge in [0.1, 0.15) is 12.9 Å². The Morgan fingerprint density at radius 2 is 2.07 bits per heavy atom. The van der Waals surface area contributed by atoms with Crippen LogP contribution in [0.25, 0.3) is 0 Å². The zero-order valence-corrected chi connectivity index (χ0v) is 15.5. The van der Waals surface area contributed by atoms with Gasteiger partial charge in [-0.1, -0.05) is 43.2 Å². The van der Waals surface area contributed by atoms with Crippen LogP contribution >= 0.6 is 0 Å². The van der Waals surface area contributed by atoms with Crippen LogP contribution in [0, 0.1) is 5.92 Å². The highest BCUT2D eigenvalue weighted by molar-refractivity contribution is 5.91. The predicted molar refractivity (Wildman–Crippen MR) is 101 cm³/mol. The molecular formula is C19H26N6O2. The van der Waals surface area contributed by atoms with E-state index in [0.29, 0.717) is 6.54 Å². The van der Waals surface area contributed by atoms with Gasteiger partial charge in [0.05, 0.1) is 5.92 Å². The number of aromatic nitrogens is 3. The van der Waals surface area contributed by atoms with Gasteiger partial charge >= 0.3 is 0 Å². The van der Waals surface area contributed by atoms with Gasteiger partial charge in [0.2, 0.25) is 17.8 Å². The summed E-state index contributed by atoms with van der Waals surface area (Å²) >= 11 is 0. The average molecular weight is 370 g/mol. The van der Waals surface area contributed by atoms with Gasteiger partial charge < -0.3 is 11.1 Å². The van der Waals surface area contributed by atoms with E-state index in [4.69, 9.17) is 5.73 Å². The molecule has 8 nitrogen and oxygen atoms in total. The van der Waals surface area contributed by atoms with Crippen molar-refractivity contribution in [2.75, 3.05) is 5.32 Å². The first kappa shape index (κ1) is 19.0. The van der Waals surface area contributed by atoms with Crippen molar-refractivity contribution in [3.05, 3.63) is 42.2 Å². The van der Waals surface area contributed by atoms with Crippen LogP contribution < -0.4 is 16.4 Å². The number of anilines is 1. The number of nitrogens with two attached hydrogens (primary N) is 1. The van der Waals surface area contributed by atoms with E-state index in [1.165, 1.54) is 11.0 Å². The van der Waals surface area contributed by atoms with Gasteiger partial charge in [-0.2, -0.15) is 0 Å². The van der Waals surface area contributed by atoms with E-state index < -0.39 is 5.54 Å². The number of nitrogens with zero attached hydrogens (tertiary/aromatic N) is 3. The van der Waals surface area contributed by atoms with Crippen LogP contribution in [-0.4, -0.2) is 32.1 Å². The molecule has 1 aliphatic rings. The van der Waals surface area contributed by atoms with Crippen molar-refractivity contribution < 1.29 is 9.59 Å². The molecule has 2 unspecified atom stereocenters. The highest BCUT2D eigenvalue weighted by atomic mass is 16.2. The Balaban J connectivity index is 1.50. The maximum Gasteiger partial charge on any atom is 0.248 e. The number of rotatable bonds is 6. The van der Waals surface area contributed by atoms with Crippen LogP contribution in [0.3, 0.4) is 0 Å². The number of carbonyl (C=O) groups excluding carboxylic acids is 2. The second-order valence-corrected chi connectivity index (χ2v) is 7.32. The number of benzene rings is 1. The standard InChI is InChI=1S/C19H26N6O2/c1-19(20)10-6-5-9-15(19)17(27)23-18-22-13-25(24-18)12-16(26)21-11-14-7-3-2-4-8-14/h2-4,7-8,13,15H,5-6,9-12,20H2,1H3,(H,21,26)(H,23,24,27). The minimum atomic E-state index is -0.512. The molecule has 4 N–H and O–H groups in total. The first-order chi connectivity index (χ1) is 12.9. The fourth-order valence-corrected chi connectivity index (χ4v) is 3.41. The third-order valence-electron chi connectivity index (χ3n) is 4.98. The first-order valence-corrected chi connectivity index (χ1v) is 9.24. The van der Waals surface area contributed by atoms with Crippen molar-refractivity contribution in [2.45, 2.75) is 51.2 Å². The van der Waals surface area contributed by atoms with Crippen molar-refractivity contribution in [1.82, 2.24) is 20.1 Å². The third-order valence-corrected chi connectivity index (χ3v) is 4.98. The molecule has 1 fully saturated rings. The number of hydrogen-bond donors (Lipinski definition) is 3.